The molecule has 0 bridgehead atoms. The Labute approximate surface area is 102 Å². The minimum absolute atomic E-state index is 0.513. The molecule has 0 amide bonds. The second kappa shape index (κ2) is 4.72. The molecule has 1 aromatic heterocycles. The van der Waals surface area contributed by atoms with Gasteiger partial charge >= 0.3 is 0 Å². The highest BCUT2D eigenvalue weighted by Crippen LogP contribution is 2.31. The molecule has 2 rings (SSSR count). The van der Waals surface area contributed by atoms with E-state index in [4.69, 9.17) is 11.6 Å². The molecule has 0 fully saturated rings. The van der Waals surface area contributed by atoms with Crippen LogP contribution in [0.4, 0.5) is 0 Å². The first-order chi connectivity index (χ1) is 7.76. The van der Waals surface area contributed by atoms with E-state index in [2.05, 4.69) is 10.2 Å². The molecule has 82 valence electrons. The van der Waals surface area contributed by atoms with Crippen LogP contribution in [0.5, 0.6) is 0 Å². The average molecular weight is 253 g/mol. The number of hydrogen-bond acceptors (Lipinski definition) is 3. The van der Waals surface area contributed by atoms with Crippen LogP contribution < -0.4 is 0 Å². The van der Waals surface area contributed by atoms with E-state index in [1.165, 1.54) is 6.20 Å². The van der Waals surface area contributed by atoms with E-state index in [0.717, 1.165) is 16.7 Å². The Bertz CT molecular complexity index is 524. The maximum atomic E-state index is 10.8. The van der Waals surface area contributed by atoms with Crippen molar-refractivity contribution in [3.05, 3.63) is 35.0 Å². The van der Waals surface area contributed by atoms with Crippen LogP contribution >= 0.6 is 23.4 Å². The summed E-state index contributed by atoms with van der Waals surface area (Å²) >= 11 is 7.77. The van der Waals surface area contributed by atoms with Crippen molar-refractivity contribution in [2.45, 2.75) is 4.90 Å². The second-order valence-corrected chi connectivity index (χ2v) is 4.45. The maximum absolute atomic E-state index is 10.8. The fraction of sp³-hybridized carbons (Fsp3) is 0.0909. The molecule has 5 heteroatoms. The Kier molecular flexibility index (Phi) is 3.31. The molecular formula is C11H9ClN2OS. The average Bonchev–Trinajstić information content (AvgIpc) is 2.76. The van der Waals surface area contributed by atoms with Crippen molar-refractivity contribution in [3.8, 4) is 11.3 Å². The third-order valence-corrected chi connectivity index (χ3v) is 3.28. The first-order valence-electron chi connectivity index (χ1n) is 4.58. The van der Waals surface area contributed by atoms with Crippen molar-refractivity contribution < 1.29 is 4.79 Å². The van der Waals surface area contributed by atoms with Gasteiger partial charge in [-0.15, -0.1) is 11.8 Å². The summed E-state index contributed by atoms with van der Waals surface area (Å²) in [5.74, 6) is 0. The van der Waals surface area contributed by atoms with E-state index in [1.54, 1.807) is 11.8 Å². The van der Waals surface area contributed by atoms with Crippen molar-refractivity contribution in [1.82, 2.24) is 10.2 Å². The molecule has 0 aliphatic rings. The normalized spacial score (nSPS) is 10.4. The van der Waals surface area contributed by atoms with Gasteiger partial charge in [0.2, 0.25) is 0 Å². The van der Waals surface area contributed by atoms with Gasteiger partial charge in [-0.25, -0.2) is 0 Å². The first-order valence-corrected chi connectivity index (χ1v) is 6.19. The van der Waals surface area contributed by atoms with Crippen LogP contribution in [0.25, 0.3) is 11.3 Å². The second-order valence-electron chi connectivity index (χ2n) is 3.16. The van der Waals surface area contributed by atoms with Crippen molar-refractivity contribution >= 4 is 29.6 Å². The topological polar surface area (TPSA) is 45.8 Å². The predicted molar refractivity (Wildman–Crippen MR) is 66.2 cm³/mol. The molecule has 2 aromatic rings. The number of nitrogens with one attached hydrogen (secondary N) is 1. The van der Waals surface area contributed by atoms with Crippen LogP contribution in [-0.4, -0.2) is 22.7 Å². The number of aromatic amines is 1. The molecule has 0 saturated carbocycles. The van der Waals surface area contributed by atoms with Gasteiger partial charge in [0.15, 0.2) is 6.29 Å². The Morgan fingerprint density at radius 1 is 1.50 bits per heavy atom. The van der Waals surface area contributed by atoms with Crippen molar-refractivity contribution in [3.63, 3.8) is 0 Å². The Hall–Kier alpha value is -1.26. The van der Waals surface area contributed by atoms with Gasteiger partial charge in [0.25, 0.3) is 0 Å². The molecule has 0 aliphatic heterocycles. The van der Waals surface area contributed by atoms with Gasteiger partial charge in [-0.2, -0.15) is 5.10 Å². The van der Waals surface area contributed by atoms with E-state index in [-0.39, 0.29) is 0 Å². The lowest BCUT2D eigenvalue weighted by atomic mass is 10.1. The highest BCUT2D eigenvalue weighted by atomic mass is 35.5. The fourth-order valence-electron chi connectivity index (χ4n) is 1.43. The minimum atomic E-state index is 0.513. The number of aldehydes is 1. The lowest BCUT2D eigenvalue weighted by Crippen LogP contribution is -1.86. The summed E-state index contributed by atoms with van der Waals surface area (Å²) in [6.45, 7) is 0. The molecule has 0 unspecified atom stereocenters. The van der Waals surface area contributed by atoms with Crippen LogP contribution in [-0.2, 0) is 0 Å². The summed E-state index contributed by atoms with van der Waals surface area (Å²) in [5.41, 5.74) is 1.96. The van der Waals surface area contributed by atoms with Gasteiger partial charge in [0.1, 0.15) is 0 Å². The predicted octanol–water partition coefficient (Wildman–Crippen LogP) is 3.26. The molecule has 1 N–H and O–H groups in total. The zero-order valence-corrected chi connectivity index (χ0v) is 10.1. The molecule has 0 radical (unpaired) electrons. The van der Waals surface area contributed by atoms with Gasteiger partial charge in [0, 0.05) is 10.5 Å². The summed E-state index contributed by atoms with van der Waals surface area (Å²) in [4.78, 5) is 11.9. The van der Waals surface area contributed by atoms with Crippen molar-refractivity contribution in [1.29, 1.82) is 0 Å². The van der Waals surface area contributed by atoms with Crippen LogP contribution in [0, 0.1) is 0 Å². The first kappa shape index (κ1) is 11.2. The number of aromatic nitrogens is 2. The highest BCUT2D eigenvalue weighted by Gasteiger charge is 2.10. The Balaban J connectivity index is 2.52. The van der Waals surface area contributed by atoms with E-state index < -0.39 is 0 Å². The number of nitrogens with zero attached hydrogens (tertiary/aromatic N) is 1. The van der Waals surface area contributed by atoms with Gasteiger partial charge < -0.3 is 0 Å². The quantitative estimate of drug-likeness (QED) is 0.674. The molecule has 0 atom stereocenters. The molecule has 16 heavy (non-hydrogen) atoms. The van der Waals surface area contributed by atoms with Crippen LogP contribution in [0.3, 0.4) is 0 Å². The lowest BCUT2D eigenvalue weighted by Gasteiger charge is -2.04. The Morgan fingerprint density at radius 3 is 2.94 bits per heavy atom. The zero-order chi connectivity index (χ0) is 11.5. The molecule has 0 spiro atoms. The smallest absolute Gasteiger partial charge is 0.153 e. The minimum Gasteiger partial charge on any atom is -0.298 e. The number of benzene rings is 1. The van der Waals surface area contributed by atoms with Gasteiger partial charge in [0.05, 0.1) is 22.5 Å². The van der Waals surface area contributed by atoms with Gasteiger partial charge in [-0.1, -0.05) is 17.7 Å². The van der Waals surface area contributed by atoms with E-state index in [0.29, 0.717) is 16.3 Å². The largest absolute Gasteiger partial charge is 0.298 e. The number of H-pyrrole nitrogens is 1. The number of carbonyl (C=O) groups is 1. The summed E-state index contributed by atoms with van der Waals surface area (Å²) in [5, 5.41) is 7.22. The van der Waals surface area contributed by atoms with Gasteiger partial charge in [-0.05, 0) is 18.4 Å². The lowest BCUT2D eigenvalue weighted by molar-refractivity contribution is 0.112. The number of rotatable bonds is 3. The SMILES string of the molecule is CSc1ccc(-c2[nH]ncc2C=O)c(Cl)c1. The van der Waals surface area contributed by atoms with E-state index in [9.17, 15) is 4.79 Å². The maximum Gasteiger partial charge on any atom is 0.153 e. The molecule has 3 nitrogen and oxygen atoms in total. The number of halogens is 1. The third-order valence-electron chi connectivity index (χ3n) is 2.24. The number of hydrogen-bond donors (Lipinski definition) is 1. The summed E-state index contributed by atoms with van der Waals surface area (Å²) in [6, 6.07) is 5.72. The summed E-state index contributed by atoms with van der Waals surface area (Å²) < 4.78 is 0. The van der Waals surface area contributed by atoms with Gasteiger partial charge in [-0.3, -0.25) is 9.89 Å². The number of thioether (sulfide) groups is 1. The van der Waals surface area contributed by atoms with E-state index >= 15 is 0 Å². The van der Waals surface area contributed by atoms with Crippen LogP contribution in [0.15, 0.2) is 29.3 Å². The number of carbonyl (C=O) groups excluding carboxylic acids is 1. The monoisotopic (exact) mass is 252 g/mol. The zero-order valence-electron chi connectivity index (χ0n) is 8.53. The van der Waals surface area contributed by atoms with Crippen molar-refractivity contribution in [2.24, 2.45) is 0 Å². The summed E-state index contributed by atoms with van der Waals surface area (Å²) in [6.07, 6.45) is 4.23. The summed E-state index contributed by atoms with van der Waals surface area (Å²) in [7, 11) is 0. The third kappa shape index (κ3) is 1.99. The highest BCUT2D eigenvalue weighted by molar-refractivity contribution is 7.98. The molecule has 1 aromatic carbocycles. The van der Waals surface area contributed by atoms with Crippen LogP contribution in [0.2, 0.25) is 5.02 Å². The van der Waals surface area contributed by atoms with Crippen molar-refractivity contribution in [2.75, 3.05) is 6.26 Å². The molecule has 1 heterocycles. The standard InChI is InChI=1S/C11H9ClN2OS/c1-16-8-2-3-9(10(12)4-8)11-7(6-15)5-13-14-11/h2-6H,1H3,(H,13,14). The van der Waals surface area contributed by atoms with Crippen LogP contribution in [0.1, 0.15) is 10.4 Å². The molecule has 0 saturated heterocycles. The molecular weight excluding hydrogens is 244 g/mol. The van der Waals surface area contributed by atoms with E-state index in [1.807, 2.05) is 24.5 Å². The molecule has 0 aliphatic carbocycles. The fourth-order valence-corrected chi connectivity index (χ4v) is 2.21. The Morgan fingerprint density at radius 2 is 2.31 bits per heavy atom.